The lowest BCUT2D eigenvalue weighted by molar-refractivity contribution is -0.124. The highest BCUT2D eigenvalue weighted by molar-refractivity contribution is 9.10. The minimum atomic E-state index is -0.187. The number of aromatic nitrogens is 1. The normalized spacial score (nSPS) is 18.4. The molecule has 1 heterocycles. The number of carbonyl (C=O) groups is 1. The van der Waals surface area contributed by atoms with Crippen LogP contribution >= 0.6 is 15.9 Å². The molecule has 1 N–H and O–H groups in total. The summed E-state index contributed by atoms with van der Waals surface area (Å²) in [4.78, 5) is 16.2. The second-order valence-corrected chi connectivity index (χ2v) is 5.40. The number of anilines is 1. The molecule has 3 nitrogen and oxygen atoms in total. The molecular weight excluding hydrogens is 268 g/mol. The number of nitrogens with zero attached hydrogens (tertiary/aromatic N) is 1. The third-order valence-electron chi connectivity index (χ3n) is 3.24. The molecule has 16 heavy (non-hydrogen) atoms. The zero-order valence-corrected chi connectivity index (χ0v) is 10.9. The second kappa shape index (κ2) is 4.53. The lowest BCUT2D eigenvalue weighted by Crippen LogP contribution is -2.30. The average Bonchev–Trinajstić information content (AvgIpc) is 2.70. The van der Waals surface area contributed by atoms with Gasteiger partial charge in [-0.3, -0.25) is 4.79 Å². The minimum absolute atomic E-state index is 0.120. The fourth-order valence-electron chi connectivity index (χ4n) is 2.11. The maximum absolute atomic E-state index is 12.1. The third kappa shape index (κ3) is 2.43. The van der Waals surface area contributed by atoms with E-state index in [9.17, 15) is 4.79 Å². The predicted octanol–water partition coefficient (Wildman–Crippen LogP) is 3.36. The van der Waals surface area contributed by atoms with Crippen LogP contribution < -0.4 is 5.32 Å². The summed E-state index contributed by atoms with van der Waals surface area (Å²) in [5.74, 6) is 0.120. The average molecular weight is 283 g/mol. The first-order valence-electron chi connectivity index (χ1n) is 5.53. The maximum atomic E-state index is 12.1. The van der Waals surface area contributed by atoms with Crippen molar-refractivity contribution in [2.45, 2.75) is 32.6 Å². The van der Waals surface area contributed by atoms with E-state index in [2.05, 4.69) is 26.2 Å². The molecule has 86 valence electrons. The number of carbonyl (C=O) groups excluding carboxylic acids is 1. The van der Waals surface area contributed by atoms with Crippen LogP contribution in [0.5, 0.6) is 0 Å². The number of halogens is 1. The summed E-state index contributed by atoms with van der Waals surface area (Å²) in [7, 11) is 0. The van der Waals surface area contributed by atoms with Crippen LogP contribution in [0.2, 0.25) is 0 Å². The summed E-state index contributed by atoms with van der Waals surface area (Å²) < 4.78 is 0.776. The molecule has 4 heteroatoms. The van der Waals surface area contributed by atoms with Gasteiger partial charge in [0.25, 0.3) is 0 Å². The van der Waals surface area contributed by atoms with E-state index in [1.54, 1.807) is 6.20 Å². The van der Waals surface area contributed by atoms with Gasteiger partial charge in [0.2, 0.25) is 5.91 Å². The maximum Gasteiger partial charge on any atom is 0.230 e. The highest BCUT2D eigenvalue weighted by atomic mass is 79.9. The molecule has 2 rings (SSSR count). The van der Waals surface area contributed by atoms with E-state index >= 15 is 0 Å². The van der Waals surface area contributed by atoms with Gasteiger partial charge < -0.3 is 5.32 Å². The van der Waals surface area contributed by atoms with Crippen LogP contribution in [-0.4, -0.2) is 10.9 Å². The van der Waals surface area contributed by atoms with Gasteiger partial charge >= 0.3 is 0 Å². The number of hydrogen-bond donors (Lipinski definition) is 1. The monoisotopic (exact) mass is 282 g/mol. The SMILES string of the molecule is CC1(C(=O)Nc2ccc(Br)nc2)CCCC1. The van der Waals surface area contributed by atoms with E-state index in [0.717, 1.165) is 36.0 Å². The van der Waals surface area contributed by atoms with Gasteiger partial charge in [-0.2, -0.15) is 0 Å². The summed E-state index contributed by atoms with van der Waals surface area (Å²) in [6.07, 6.45) is 5.96. The Bertz CT molecular complexity index is 383. The van der Waals surface area contributed by atoms with Crippen molar-refractivity contribution in [3.63, 3.8) is 0 Å². The number of amides is 1. The quantitative estimate of drug-likeness (QED) is 0.845. The van der Waals surface area contributed by atoms with Gasteiger partial charge in [0.05, 0.1) is 11.9 Å². The summed E-state index contributed by atoms with van der Waals surface area (Å²) in [5, 5.41) is 2.93. The Kier molecular flexibility index (Phi) is 3.28. The smallest absolute Gasteiger partial charge is 0.230 e. The Labute approximate surface area is 104 Å². The van der Waals surface area contributed by atoms with Crippen LogP contribution in [0.1, 0.15) is 32.6 Å². The van der Waals surface area contributed by atoms with Crippen molar-refractivity contribution in [1.29, 1.82) is 0 Å². The molecule has 0 aliphatic heterocycles. The first-order valence-corrected chi connectivity index (χ1v) is 6.32. The molecule has 0 atom stereocenters. The van der Waals surface area contributed by atoms with Gasteiger partial charge in [0, 0.05) is 5.41 Å². The van der Waals surface area contributed by atoms with Crippen LogP contribution in [0.25, 0.3) is 0 Å². The predicted molar refractivity (Wildman–Crippen MR) is 67.1 cm³/mol. The first-order chi connectivity index (χ1) is 7.60. The Morgan fingerprint density at radius 1 is 1.44 bits per heavy atom. The van der Waals surface area contributed by atoms with Crippen molar-refractivity contribution in [3.05, 3.63) is 22.9 Å². The molecule has 1 aromatic heterocycles. The van der Waals surface area contributed by atoms with Crippen LogP contribution in [0.3, 0.4) is 0 Å². The molecule has 1 fully saturated rings. The molecule has 0 radical (unpaired) electrons. The van der Waals surface area contributed by atoms with Crippen LogP contribution in [-0.2, 0) is 4.79 Å². The van der Waals surface area contributed by atoms with Crippen molar-refractivity contribution in [1.82, 2.24) is 4.98 Å². The van der Waals surface area contributed by atoms with Crippen molar-refractivity contribution in [3.8, 4) is 0 Å². The molecule has 0 bridgehead atoms. The fraction of sp³-hybridized carbons (Fsp3) is 0.500. The van der Waals surface area contributed by atoms with Gasteiger partial charge in [-0.1, -0.05) is 19.8 Å². The Balaban J connectivity index is 2.04. The number of nitrogens with one attached hydrogen (secondary N) is 1. The topological polar surface area (TPSA) is 42.0 Å². The minimum Gasteiger partial charge on any atom is -0.324 e. The highest BCUT2D eigenvalue weighted by Gasteiger charge is 2.36. The third-order valence-corrected chi connectivity index (χ3v) is 3.71. The molecule has 1 amide bonds. The van der Waals surface area contributed by atoms with Crippen LogP contribution in [0, 0.1) is 5.41 Å². The summed E-state index contributed by atoms with van der Waals surface area (Å²) in [6, 6.07) is 3.68. The van der Waals surface area contributed by atoms with E-state index in [1.807, 2.05) is 19.1 Å². The van der Waals surface area contributed by atoms with Crippen molar-refractivity contribution in [2.75, 3.05) is 5.32 Å². The fourth-order valence-corrected chi connectivity index (χ4v) is 2.35. The lowest BCUT2D eigenvalue weighted by Gasteiger charge is -2.22. The standard InChI is InChI=1S/C12H15BrN2O/c1-12(6-2-3-7-12)11(16)15-9-4-5-10(13)14-8-9/h4-5,8H,2-3,6-7H2,1H3,(H,15,16). The highest BCUT2D eigenvalue weighted by Crippen LogP contribution is 2.38. The molecule has 1 aliphatic rings. The second-order valence-electron chi connectivity index (χ2n) is 4.59. The molecule has 1 saturated carbocycles. The molecule has 1 aliphatic carbocycles. The summed E-state index contributed by atoms with van der Waals surface area (Å²) in [6.45, 7) is 2.04. The zero-order chi connectivity index (χ0) is 11.6. The van der Waals surface area contributed by atoms with Crippen molar-refractivity contribution < 1.29 is 4.79 Å². The largest absolute Gasteiger partial charge is 0.324 e. The molecule has 0 spiro atoms. The molecular formula is C12H15BrN2O. The molecule has 0 unspecified atom stereocenters. The Hall–Kier alpha value is -0.900. The van der Waals surface area contributed by atoms with Gasteiger partial charge in [0.15, 0.2) is 0 Å². The zero-order valence-electron chi connectivity index (χ0n) is 9.29. The van der Waals surface area contributed by atoms with E-state index in [4.69, 9.17) is 0 Å². The van der Waals surface area contributed by atoms with Gasteiger partial charge in [0.1, 0.15) is 4.60 Å². The van der Waals surface area contributed by atoms with Gasteiger partial charge in [-0.15, -0.1) is 0 Å². The molecule has 0 saturated heterocycles. The van der Waals surface area contributed by atoms with E-state index in [-0.39, 0.29) is 11.3 Å². The summed E-state index contributed by atoms with van der Waals surface area (Å²) >= 11 is 3.26. The van der Waals surface area contributed by atoms with Gasteiger partial charge in [-0.25, -0.2) is 4.98 Å². The van der Waals surface area contributed by atoms with Crippen LogP contribution in [0.15, 0.2) is 22.9 Å². The van der Waals surface area contributed by atoms with Gasteiger partial charge in [-0.05, 0) is 40.9 Å². The lowest BCUT2D eigenvalue weighted by atomic mass is 9.88. The van der Waals surface area contributed by atoms with Crippen molar-refractivity contribution >= 4 is 27.5 Å². The first kappa shape index (κ1) is 11.6. The summed E-state index contributed by atoms with van der Waals surface area (Å²) in [5.41, 5.74) is 0.578. The van der Waals surface area contributed by atoms with Crippen molar-refractivity contribution in [2.24, 2.45) is 5.41 Å². The van der Waals surface area contributed by atoms with E-state index < -0.39 is 0 Å². The van der Waals surface area contributed by atoms with Crippen LogP contribution in [0.4, 0.5) is 5.69 Å². The number of rotatable bonds is 2. The Morgan fingerprint density at radius 3 is 2.69 bits per heavy atom. The van der Waals surface area contributed by atoms with E-state index in [0.29, 0.717) is 0 Å². The number of pyridine rings is 1. The molecule has 1 aromatic rings. The Morgan fingerprint density at radius 2 is 2.12 bits per heavy atom. The van der Waals surface area contributed by atoms with E-state index in [1.165, 1.54) is 0 Å². The number of hydrogen-bond acceptors (Lipinski definition) is 2. The molecule has 0 aromatic carbocycles.